The third-order valence-electron chi connectivity index (χ3n) is 4.11. The molecule has 0 aliphatic heterocycles. The first kappa shape index (κ1) is 26.1. The molecule has 0 radical (unpaired) electrons. The Morgan fingerprint density at radius 1 is 0.963 bits per heavy atom. The van der Waals surface area contributed by atoms with E-state index in [9.17, 15) is 0 Å². The zero-order valence-electron chi connectivity index (χ0n) is 18.4. The number of aryl methyl sites for hydroxylation is 1. The zero-order valence-corrected chi connectivity index (χ0v) is 18.4. The molecule has 1 heterocycles. The van der Waals surface area contributed by atoms with Crippen LogP contribution in [0.3, 0.4) is 0 Å². The highest BCUT2D eigenvalue weighted by Crippen LogP contribution is 2.21. The van der Waals surface area contributed by atoms with Crippen LogP contribution >= 0.6 is 0 Å². The number of aromatic nitrogens is 1. The van der Waals surface area contributed by atoms with Gasteiger partial charge in [-0.05, 0) is 19.3 Å². The van der Waals surface area contributed by atoms with Gasteiger partial charge in [0.05, 0.1) is 0 Å². The molecule has 0 N–H and O–H groups in total. The van der Waals surface area contributed by atoms with Gasteiger partial charge >= 0.3 is 7.32 Å². The molecule has 0 aromatic carbocycles. The normalized spacial score (nSPS) is 11.6. The van der Waals surface area contributed by atoms with E-state index in [4.69, 9.17) is 14.0 Å². The Morgan fingerprint density at radius 3 is 2.00 bits per heavy atom. The molecule has 0 bridgehead atoms. The van der Waals surface area contributed by atoms with Gasteiger partial charge in [0.2, 0.25) is 5.69 Å². The van der Waals surface area contributed by atoms with Crippen molar-refractivity contribution < 1.29 is 18.5 Å². The van der Waals surface area contributed by atoms with Gasteiger partial charge in [0.15, 0.2) is 6.20 Å². The van der Waals surface area contributed by atoms with Gasteiger partial charge in [0.25, 0.3) is 0 Å². The quantitative estimate of drug-likeness (QED) is 0.182. The molecule has 1 aromatic rings. The molecule has 1 rings (SSSR count). The van der Waals surface area contributed by atoms with Crippen molar-refractivity contribution in [1.82, 2.24) is 0 Å². The van der Waals surface area contributed by atoms with Crippen molar-refractivity contribution in [3.63, 3.8) is 0 Å². The van der Waals surface area contributed by atoms with Crippen molar-refractivity contribution in [3.05, 3.63) is 37.0 Å². The van der Waals surface area contributed by atoms with Crippen molar-refractivity contribution in [1.29, 1.82) is 0 Å². The maximum Gasteiger partial charge on any atom is 0.640 e. The second-order valence-corrected chi connectivity index (χ2v) is 6.74. The van der Waals surface area contributed by atoms with Crippen LogP contribution in [0.5, 0.6) is 0 Å². The predicted molar refractivity (Wildman–Crippen MR) is 114 cm³/mol. The van der Waals surface area contributed by atoms with E-state index < -0.39 is 7.32 Å². The van der Waals surface area contributed by atoms with Crippen LogP contribution in [0.4, 0.5) is 0 Å². The average molecular weight is 379 g/mol. The van der Waals surface area contributed by atoms with E-state index in [-0.39, 0.29) is 6.10 Å². The number of hydrogen-bond acceptors (Lipinski definition) is 3. The maximum atomic E-state index is 6.19. The molecule has 27 heavy (non-hydrogen) atoms. The highest BCUT2D eigenvalue weighted by Gasteiger charge is 2.30. The van der Waals surface area contributed by atoms with Gasteiger partial charge in [0.1, 0.15) is 13.2 Å². The van der Waals surface area contributed by atoms with Crippen molar-refractivity contribution in [2.75, 3.05) is 13.2 Å². The van der Waals surface area contributed by atoms with Crippen LogP contribution in [0, 0.1) is 6.92 Å². The number of hydrogen-bond donors (Lipinski definition) is 0. The van der Waals surface area contributed by atoms with E-state index in [0.29, 0.717) is 13.2 Å². The number of pyridine rings is 1. The van der Waals surface area contributed by atoms with Crippen LogP contribution in [-0.4, -0.2) is 20.5 Å². The molecule has 156 valence electrons. The fourth-order valence-electron chi connectivity index (χ4n) is 2.33. The SMILES string of the molecule is CCCCOB(OCCCC)OC(CCC)c1cccc[n+]1C.[CH2-]CCC. The van der Waals surface area contributed by atoms with Crippen molar-refractivity contribution in [2.24, 2.45) is 7.05 Å². The molecule has 0 saturated heterocycles. The number of rotatable bonds is 14. The third kappa shape index (κ3) is 13.0. The first-order valence-electron chi connectivity index (χ1n) is 10.8. The lowest BCUT2D eigenvalue weighted by Crippen LogP contribution is -2.38. The standard InChI is InChI=1S/C18H33BNO3.C4H9/c1-5-8-15-21-19(22-16-9-6-2)23-18(12-7-3)17-13-10-11-14-20(17)4;1-3-4-2/h10-11,13-14,18H,5-9,12,15-16H2,1-4H3;1,3-4H2,2H3/q+1;-1. The van der Waals surface area contributed by atoms with Gasteiger partial charge in [-0.3, -0.25) is 0 Å². The Morgan fingerprint density at radius 2 is 1.56 bits per heavy atom. The van der Waals surface area contributed by atoms with Crippen LogP contribution in [0.25, 0.3) is 0 Å². The molecule has 0 amide bonds. The van der Waals surface area contributed by atoms with Crippen LogP contribution in [0.1, 0.15) is 90.9 Å². The van der Waals surface area contributed by atoms with Gasteiger partial charge in [0, 0.05) is 25.3 Å². The molecule has 4 nitrogen and oxygen atoms in total. The van der Waals surface area contributed by atoms with E-state index in [2.05, 4.69) is 45.3 Å². The summed E-state index contributed by atoms with van der Waals surface area (Å²) >= 11 is 0. The van der Waals surface area contributed by atoms with Gasteiger partial charge in [-0.15, -0.1) is 0 Å². The predicted octanol–water partition coefficient (Wildman–Crippen LogP) is 5.61. The fourth-order valence-corrected chi connectivity index (χ4v) is 2.33. The van der Waals surface area contributed by atoms with E-state index in [1.807, 2.05) is 25.4 Å². The molecular weight excluding hydrogens is 337 g/mol. The fraction of sp³-hybridized carbons (Fsp3) is 0.727. The monoisotopic (exact) mass is 379 g/mol. The summed E-state index contributed by atoms with van der Waals surface area (Å²) in [7, 11) is 1.47. The Labute approximate surface area is 168 Å². The molecule has 0 aliphatic carbocycles. The maximum absolute atomic E-state index is 6.19. The highest BCUT2D eigenvalue weighted by atomic mass is 16.7. The summed E-state index contributed by atoms with van der Waals surface area (Å²) in [6.45, 7) is 13.5. The zero-order chi connectivity index (χ0) is 20.3. The molecule has 1 aromatic heterocycles. The second-order valence-electron chi connectivity index (χ2n) is 6.74. The van der Waals surface area contributed by atoms with E-state index in [1.165, 1.54) is 6.42 Å². The van der Waals surface area contributed by atoms with E-state index in [0.717, 1.165) is 50.6 Å². The first-order valence-corrected chi connectivity index (χ1v) is 10.8. The summed E-state index contributed by atoms with van der Waals surface area (Å²) in [6, 6.07) is 6.18. The molecule has 1 atom stereocenters. The van der Waals surface area contributed by atoms with Crippen LogP contribution in [-0.2, 0) is 21.0 Å². The molecule has 0 fully saturated rings. The summed E-state index contributed by atoms with van der Waals surface area (Å²) in [5.41, 5.74) is 1.15. The van der Waals surface area contributed by atoms with Crippen LogP contribution in [0.15, 0.2) is 24.4 Å². The Balaban J connectivity index is 0.00000153. The number of nitrogens with zero attached hydrogens (tertiary/aromatic N) is 1. The lowest BCUT2D eigenvalue weighted by Gasteiger charge is -2.20. The highest BCUT2D eigenvalue weighted by molar-refractivity contribution is 6.36. The van der Waals surface area contributed by atoms with Gasteiger partial charge in [-0.2, -0.15) is 6.42 Å². The molecule has 0 saturated carbocycles. The minimum absolute atomic E-state index is 0.0144. The average Bonchev–Trinajstić information content (AvgIpc) is 2.68. The van der Waals surface area contributed by atoms with Gasteiger partial charge in [-0.1, -0.05) is 59.4 Å². The van der Waals surface area contributed by atoms with Crippen molar-refractivity contribution in [3.8, 4) is 0 Å². The third-order valence-corrected chi connectivity index (χ3v) is 4.11. The minimum Gasteiger partial charge on any atom is -0.386 e. The Hall–Kier alpha value is -0.905. The Bertz CT molecular complexity index is 433. The summed E-state index contributed by atoms with van der Waals surface area (Å²) in [5.74, 6) is 0. The lowest BCUT2D eigenvalue weighted by atomic mass is 10.1. The van der Waals surface area contributed by atoms with Gasteiger partial charge in [-0.25, -0.2) is 4.57 Å². The second kappa shape index (κ2) is 18.5. The van der Waals surface area contributed by atoms with Gasteiger partial charge < -0.3 is 20.9 Å². The Kier molecular flexibility index (Phi) is 17.8. The number of unbranched alkanes of at least 4 members (excludes halogenated alkanes) is 3. The summed E-state index contributed by atoms with van der Waals surface area (Å²) in [6.07, 6.45) is 10.6. The molecule has 0 spiro atoms. The summed E-state index contributed by atoms with van der Waals surface area (Å²) in [5, 5.41) is 0. The largest absolute Gasteiger partial charge is 0.640 e. The van der Waals surface area contributed by atoms with Crippen molar-refractivity contribution >= 4 is 7.32 Å². The minimum atomic E-state index is -0.579. The van der Waals surface area contributed by atoms with E-state index in [1.54, 1.807) is 0 Å². The lowest BCUT2D eigenvalue weighted by molar-refractivity contribution is -0.682. The van der Waals surface area contributed by atoms with E-state index >= 15 is 0 Å². The summed E-state index contributed by atoms with van der Waals surface area (Å²) < 4.78 is 19.9. The van der Waals surface area contributed by atoms with Crippen molar-refractivity contribution in [2.45, 2.75) is 85.2 Å². The molecule has 5 heteroatoms. The smallest absolute Gasteiger partial charge is 0.386 e. The molecular formula is C22H42BNO3. The van der Waals surface area contributed by atoms with Crippen LogP contribution < -0.4 is 4.57 Å². The molecule has 1 unspecified atom stereocenters. The summed E-state index contributed by atoms with van der Waals surface area (Å²) in [4.78, 5) is 0. The first-order chi connectivity index (χ1) is 13.1. The topological polar surface area (TPSA) is 31.6 Å². The molecule has 0 aliphatic rings. The van der Waals surface area contributed by atoms with Crippen LogP contribution in [0.2, 0.25) is 0 Å².